The van der Waals surface area contributed by atoms with Crippen LogP contribution >= 0.6 is 0 Å². The highest BCUT2D eigenvalue weighted by molar-refractivity contribution is 5.96. The van der Waals surface area contributed by atoms with Gasteiger partial charge in [-0.2, -0.15) is 0 Å². The maximum atomic E-state index is 12.1. The molecule has 2 amide bonds. The largest absolute Gasteiger partial charge is 0.343 e. The van der Waals surface area contributed by atoms with Crippen molar-refractivity contribution in [2.75, 3.05) is 0 Å². The average molecular weight is 240 g/mol. The second-order valence-electron chi connectivity index (χ2n) is 5.00. The minimum absolute atomic E-state index is 0.0422. The molecular formula is C13H24N2O2. The molecule has 0 aromatic carbocycles. The number of hydrogen-bond acceptors (Lipinski definition) is 2. The van der Waals surface area contributed by atoms with Gasteiger partial charge in [-0.1, -0.05) is 26.2 Å². The number of nitrogens with one attached hydrogen (secondary N) is 1. The third kappa shape index (κ3) is 3.20. The summed E-state index contributed by atoms with van der Waals surface area (Å²) in [4.78, 5) is 25.5. The van der Waals surface area contributed by atoms with E-state index in [9.17, 15) is 9.59 Å². The van der Waals surface area contributed by atoms with Gasteiger partial charge in [0.25, 0.3) is 0 Å². The van der Waals surface area contributed by atoms with E-state index in [1.807, 2.05) is 6.92 Å². The molecule has 0 aromatic rings. The van der Waals surface area contributed by atoms with Crippen LogP contribution in [-0.2, 0) is 9.59 Å². The van der Waals surface area contributed by atoms with E-state index in [-0.39, 0.29) is 29.9 Å². The monoisotopic (exact) mass is 240 g/mol. The molecular weight excluding hydrogens is 216 g/mol. The lowest BCUT2D eigenvalue weighted by Crippen LogP contribution is -2.63. The van der Waals surface area contributed by atoms with Crippen molar-refractivity contribution >= 4 is 11.8 Å². The van der Waals surface area contributed by atoms with Crippen LogP contribution in [0.2, 0.25) is 0 Å². The Balaban J connectivity index is 2.64. The van der Waals surface area contributed by atoms with Crippen molar-refractivity contribution in [1.82, 2.24) is 10.2 Å². The van der Waals surface area contributed by atoms with Crippen molar-refractivity contribution in [3.63, 3.8) is 0 Å². The Bertz CT molecular complexity index is 291. The normalized spacial score (nSPS) is 26.9. The zero-order chi connectivity index (χ0) is 13.0. The van der Waals surface area contributed by atoms with E-state index in [1.54, 1.807) is 18.7 Å². The van der Waals surface area contributed by atoms with Crippen molar-refractivity contribution in [3.05, 3.63) is 0 Å². The minimum atomic E-state index is -0.382. The summed E-state index contributed by atoms with van der Waals surface area (Å²) < 4.78 is 0. The molecule has 1 rings (SSSR count). The van der Waals surface area contributed by atoms with Gasteiger partial charge in [0.15, 0.2) is 0 Å². The van der Waals surface area contributed by atoms with Crippen LogP contribution in [0.3, 0.4) is 0 Å². The third-order valence-corrected chi connectivity index (χ3v) is 3.48. The number of nitrogens with zero attached hydrogens (tertiary/aromatic N) is 1. The zero-order valence-electron chi connectivity index (χ0n) is 11.3. The highest BCUT2D eigenvalue weighted by Crippen LogP contribution is 2.17. The summed E-state index contributed by atoms with van der Waals surface area (Å²) in [6.07, 6.45) is 4.45. The average Bonchev–Trinajstić information content (AvgIpc) is 2.27. The Morgan fingerprint density at radius 1 is 1.29 bits per heavy atom. The smallest absolute Gasteiger partial charge is 0.245 e. The number of carbonyl (C=O) groups excluding carboxylic acids is 2. The van der Waals surface area contributed by atoms with Crippen LogP contribution < -0.4 is 5.32 Å². The fraction of sp³-hybridized carbons (Fsp3) is 0.846. The number of hydrogen-bond donors (Lipinski definition) is 1. The molecule has 3 unspecified atom stereocenters. The molecule has 17 heavy (non-hydrogen) atoms. The molecule has 4 nitrogen and oxygen atoms in total. The Hall–Kier alpha value is -1.06. The molecule has 0 radical (unpaired) electrons. The van der Waals surface area contributed by atoms with Crippen molar-refractivity contribution in [2.45, 2.75) is 71.5 Å². The highest BCUT2D eigenvalue weighted by Gasteiger charge is 2.37. The minimum Gasteiger partial charge on any atom is -0.343 e. The van der Waals surface area contributed by atoms with Gasteiger partial charge in [-0.05, 0) is 27.2 Å². The van der Waals surface area contributed by atoms with Crippen LogP contribution in [0.15, 0.2) is 0 Å². The number of unbranched alkanes of at least 4 members (excludes halogenated alkanes) is 2. The molecule has 0 saturated carbocycles. The molecule has 1 N–H and O–H groups in total. The quantitative estimate of drug-likeness (QED) is 0.743. The van der Waals surface area contributed by atoms with Gasteiger partial charge in [0, 0.05) is 6.04 Å². The summed E-state index contributed by atoms with van der Waals surface area (Å²) in [6, 6.07) is -0.569. The molecule has 3 atom stereocenters. The summed E-state index contributed by atoms with van der Waals surface area (Å²) in [5, 5.41) is 2.70. The Kier molecular flexibility index (Phi) is 4.97. The Labute approximate surface area is 104 Å². The van der Waals surface area contributed by atoms with Gasteiger partial charge in [-0.25, -0.2) is 0 Å². The topological polar surface area (TPSA) is 49.4 Å². The molecule has 0 spiro atoms. The van der Waals surface area contributed by atoms with Crippen LogP contribution in [-0.4, -0.2) is 34.8 Å². The fourth-order valence-electron chi connectivity index (χ4n) is 2.36. The third-order valence-electron chi connectivity index (χ3n) is 3.48. The molecule has 1 saturated heterocycles. The highest BCUT2D eigenvalue weighted by atomic mass is 16.2. The van der Waals surface area contributed by atoms with Crippen LogP contribution in [0, 0.1) is 0 Å². The SMILES string of the molecule is CCCCCC(C)N1C(=O)C(C)NC(=O)C1C. The van der Waals surface area contributed by atoms with E-state index in [0.717, 1.165) is 12.8 Å². The summed E-state index contributed by atoms with van der Waals surface area (Å²) >= 11 is 0. The van der Waals surface area contributed by atoms with E-state index in [0.29, 0.717) is 0 Å². The molecule has 0 aromatic heterocycles. The van der Waals surface area contributed by atoms with Crippen LogP contribution in [0.5, 0.6) is 0 Å². The maximum Gasteiger partial charge on any atom is 0.245 e. The van der Waals surface area contributed by atoms with Crippen molar-refractivity contribution in [1.29, 1.82) is 0 Å². The Morgan fingerprint density at radius 3 is 2.53 bits per heavy atom. The number of piperazine rings is 1. The van der Waals surface area contributed by atoms with E-state index in [4.69, 9.17) is 0 Å². The molecule has 1 fully saturated rings. The molecule has 1 heterocycles. The molecule has 98 valence electrons. The van der Waals surface area contributed by atoms with Gasteiger partial charge in [0.05, 0.1) is 0 Å². The maximum absolute atomic E-state index is 12.1. The second kappa shape index (κ2) is 6.03. The van der Waals surface area contributed by atoms with Crippen molar-refractivity contribution in [2.24, 2.45) is 0 Å². The summed E-state index contributed by atoms with van der Waals surface area (Å²) in [5.74, 6) is 0.000500. The summed E-state index contributed by atoms with van der Waals surface area (Å²) in [6.45, 7) is 7.75. The van der Waals surface area contributed by atoms with Gasteiger partial charge in [0.2, 0.25) is 11.8 Å². The standard InChI is InChI=1S/C13H24N2O2/c1-5-6-7-8-9(2)15-11(4)12(16)14-10(3)13(15)17/h9-11H,5-8H2,1-4H3,(H,14,16). The summed E-state index contributed by atoms with van der Waals surface area (Å²) in [7, 11) is 0. The molecule has 0 bridgehead atoms. The van der Waals surface area contributed by atoms with Gasteiger partial charge in [0.1, 0.15) is 12.1 Å². The Morgan fingerprint density at radius 2 is 1.94 bits per heavy atom. The van der Waals surface area contributed by atoms with E-state index >= 15 is 0 Å². The van der Waals surface area contributed by atoms with Gasteiger partial charge < -0.3 is 10.2 Å². The molecule has 1 aliphatic heterocycles. The summed E-state index contributed by atoms with van der Waals surface area (Å²) in [5.41, 5.74) is 0. The van der Waals surface area contributed by atoms with E-state index in [1.165, 1.54) is 12.8 Å². The second-order valence-corrected chi connectivity index (χ2v) is 5.00. The number of amides is 2. The lowest BCUT2D eigenvalue weighted by atomic mass is 10.0. The van der Waals surface area contributed by atoms with E-state index < -0.39 is 0 Å². The van der Waals surface area contributed by atoms with Gasteiger partial charge in [-0.3, -0.25) is 9.59 Å². The number of rotatable bonds is 5. The predicted octanol–water partition coefficient (Wildman–Crippen LogP) is 1.69. The zero-order valence-corrected chi connectivity index (χ0v) is 11.3. The molecule has 0 aliphatic carbocycles. The first-order valence-corrected chi connectivity index (χ1v) is 6.61. The van der Waals surface area contributed by atoms with Gasteiger partial charge >= 0.3 is 0 Å². The lowest BCUT2D eigenvalue weighted by molar-refractivity contribution is -0.150. The fourth-order valence-corrected chi connectivity index (χ4v) is 2.36. The van der Waals surface area contributed by atoms with Crippen LogP contribution in [0.25, 0.3) is 0 Å². The first-order valence-electron chi connectivity index (χ1n) is 6.61. The molecule has 1 aliphatic rings. The first-order chi connectivity index (χ1) is 7.99. The van der Waals surface area contributed by atoms with Crippen LogP contribution in [0.1, 0.15) is 53.4 Å². The van der Waals surface area contributed by atoms with Gasteiger partial charge in [-0.15, -0.1) is 0 Å². The van der Waals surface area contributed by atoms with Crippen LogP contribution in [0.4, 0.5) is 0 Å². The molecule has 4 heteroatoms. The van der Waals surface area contributed by atoms with Crippen molar-refractivity contribution in [3.8, 4) is 0 Å². The number of carbonyl (C=O) groups is 2. The van der Waals surface area contributed by atoms with E-state index in [2.05, 4.69) is 12.2 Å². The van der Waals surface area contributed by atoms with Crippen molar-refractivity contribution < 1.29 is 9.59 Å². The predicted molar refractivity (Wildman–Crippen MR) is 67.5 cm³/mol. The lowest BCUT2D eigenvalue weighted by Gasteiger charge is -2.40. The first kappa shape index (κ1) is 14.0.